The lowest BCUT2D eigenvalue weighted by Gasteiger charge is -2.18. The Labute approximate surface area is 116 Å². The quantitative estimate of drug-likeness (QED) is 0.251. The first-order chi connectivity index (χ1) is 9.19. The molecule has 0 aliphatic rings. The van der Waals surface area contributed by atoms with Crippen molar-refractivity contribution in [1.29, 1.82) is 0 Å². The van der Waals surface area contributed by atoms with Crippen LogP contribution >= 0.6 is 7.60 Å². The van der Waals surface area contributed by atoms with Gasteiger partial charge in [0.05, 0.1) is 12.8 Å². The number of carboxylic acids is 4. The molecular weight excluding hydrogens is 319 g/mol. The van der Waals surface area contributed by atoms with Gasteiger partial charge in [-0.3, -0.25) is 18.9 Å². The summed E-state index contributed by atoms with van der Waals surface area (Å²) < 4.78 is 9.76. The maximum absolute atomic E-state index is 10.3. The van der Waals surface area contributed by atoms with Crippen LogP contribution in [0, 0.1) is 0 Å². The number of carboxylic acid groups (broad SMARTS) is 4. The Morgan fingerprint density at radius 1 is 0.810 bits per heavy atom. The van der Waals surface area contributed by atoms with Crippen molar-refractivity contribution < 1.29 is 59.1 Å². The van der Waals surface area contributed by atoms with Crippen LogP contribution in [0.4, 0.5) is 0 Å². The number of aliphatic carboxylic acids is 4. The molecule has 0 aromatic heterocycles. The molecule has 0 aliphatic heterocycles. The fraction of sp³-hybridized carbons (Fsp3) is 0.500. The average Bonchev–Trinajstić information content (AvgIpc) is 2.10. The van der Waals surface area contributed by atoms with Crippen LogP contribution in [0.15, 0.2) is 0 Å². The van der Waals surface area contributed by atoms with E-state index in [0.717, 1.165) is 0 Å². The molecule has 0 atom stereocenters. The van der Waals surface area contributed by atoms with Gasteiger partial charge in [0, 0.05) is 0 Å². The van der Waals surface area contributed by atoms with Gasteiger partial charge in [0.1, 0.15) is 6.16 Å². The van der Waals surface area contributed by atoms with Gasteiger partial charge >= 0.3 is 31.5 Å². The highest BCUT2D eigenvalue weighted by atomic mass is 31.2. The second-order valence-electron chi connectivity index (χ2n) is 3.69. The average molecular weight is 332 g/mol. The summed E-state index contributed by atoms with van der Waals surface area (Å²) in [6.45, 7) is 0. The van der Waals surface area contributed by atoms with E-state index in [2.05, 4.69) is 0 Å². The zero-order valence-corrected chi connectivity index (χ0v) is 11.1. The molecule has 0 aromatic rings. The lowest BCUT2D eigenvalue weighted by atomic mass is 9.96. The molecule has 0 amide bonds. The summed E-state index contributed by atoms with van der Waals surface area (Å²) in [5.41, 5.74) is -2.74. The van der Waals surface area contributed by atoms with E-state index in [1.54, 1.807) is 0 Å². The third kappa shape index (κ3) is 12.8. The largest absolute Gasteiger partial charge is 0.481 e. The third-order valence-electron chi connectivity index (χ3n) is 1.63. The fourth-order valence-electron chi connectivity index (χ4n) is 0.890. The van der Waals surface area contributed by atoms with Gasteiger partial charge in [-0.05, 0) is 0 Å². The molecule has 0 unspecified atom stereocenters. The summed E-state index contributed by atoms with van der Waals surface area (Å²) in [6.07, 6.45) is -3.38. The summed E-state index contributed by atoms with van der Waals surface area (Å²) in [5.74, 6) is -6.51. The van der Waals surface area contributed by atoms with Crippen molar-refractivity contribution >= 4 is 31.5 Å². The molecule has 7 N–H and O–H groups in total. The molecule has 13 heteroatoms. The van der Waals surface area contributed by atoms with Crippen LogP contribution in [-0.4, -0.2) is 71.0 Å². The van der Waals surface area contributed by atoms with Crippen molar-refractivity contribution in [3.05, 3.63) is 0 Å². The SMILES string of the molecule is O=C(O)CC(O)(CC(=O)O)C(=O)O.O=C(O)CP(=O)(O)O. The van der Waals surface area contributed by atoms with Gasteiger partial charge < -0.3 is 35.3 Å². The normalized spacial score (nSPS) is 11.0. The van der Waals surface area contributed by atoms with E-state index < -0.39 is 56.1 Å². The third-order valence-corrected chi connectivity index (χ3v) is 2.31. The maximum atomic E-state index is 10.3. The first-order valence-electron chi connectivity index (χ1n) is 4.85. The number of carbonyl (C=O) groups is 4. The zero-order valence-electron chi connectivity index (χ0n) is 10.2. The molecule has 0 saturated carbocycles. The van der Waals surface area contributed by atoms with E-state index in [4.69, 9.17) is 35.3 Å². The molecule has 122 valence electrons. The van der Waals surface area contributed by atoms with Crippen LogP contribution in [-0.2, 0) is 23.7 Å². The second-order valence-corrected chi connectivity index (χ2v) is 5.34. The van der Waals surface area contributed by atoms with Crippen LogP contribution in [0.3, 0.4) is 0 Å². The van der Waals surface area contributed by atoms with Gasteiger partial charge in [0.25, 0.3) is 0 Å². The fourth-order valence-corrected chi connectivity index (χ4v) is 1.24. The monoisotopic (exact) mass is 332 g/mol. The van der Waals surface area contributed by atoms with E-state index in [9.17, 15) is 23.7 Å². The van der Waals surface area contributed by atoms with E-state index in [1.165, 1.54) is 0 Å². The van der Waals surface area contributed by atoms with Crippen molar-refractivity contribution in [2.45, 2.75) is 18.4 Å². The minimum Gasteiger partial charge on any atom is -0.481 e. The van der Waals surface area contributed by atoms with E-state index in [1.807, 2.05) is 0 Å². The predicted molar refractivity (Wildman–Crippen MR) is 61.6 cm³/mol. The Morgan fingerprint density at radius 2 is 1.14 bits per heavy atom. The van der Waals surface area contributed by atoms with E-state index >= 15 is 0 Å². The van der Waals surface area contributed by atoms with Crippen molar-refractivity contribution in [3.8, 4) is 0 Å². The van der Waals surface area contributed by atoms with Crippen LogP contribution in [0.5, 0.6) is 0 Å². The van der Waals surface area contributed by atoms with Gasteiger partial charge in [-0.1, -0.05) is 0 Å². The molecule has 0 fully saturated rings. The highest BCUT2D eigenvalue weighted by molar-refractivity contribution is 7.52. The molecule has 0 bridgehead atoms. The molecule has 12 nitrogen and oxygen atoms in total. The van der Waals surface area contributed by atoms with Gasteiger partial charge in [-0.25, -0.2) is 4.79 Å². The van der Waals surface area contributed by atoms with Crippen molar-refractivity contribution in [1.82, 2.24) is 0 Å². The summed E-state index contributed by atoms with van der Waals surface area (Å²) in [7, 11) is -4.32. The summed E-state index contributed by atoms with van der Waals surface area (Å²) in [6, 6.07) is 0. The molecule has 0 aromatic carbocycles. The molecular formula is C8H13O12P. The predicted octanol–water partition coefficient (Wildman–Crippen LogP) is -2.00. The van der Waals surface area contributed by atoms with Crippen LogP contribution < -0.4 is 0 Å². The van der Waals surface area contributed by atoms with E-state index in [-0.39, 0.29) is 0 Å². The van der Waals surface area contributed by atoms with Crippen molar-refractivity contribution in [3.63, 3.8) is 0 Å². The Hall–Kier alpha value is -2.01. The maximum Gasteiger partial charge on any atom is 0.336 e. The van der Waals surface area contributed by atoms with Gasteiger partial charge in [-0.2, -0.15) is 0 Å². The molecule has 0 aliphatic carbocycles. The number of hydrogen-bond acceptors (Lipinski definition) is 6. The smallest absolute Gasteiger partial charge is 0.336 e. The molecule has 21 heavy (non-hydrogen) atoms. The molecule has 0 heterocycles. The Balaban J connectivity index is 0. The minimum atomic E-state index is -4.32. The van der Waals surface area contributed by atoms with Gasteiger partial charge in [0.15, 0.2) is 5.60 Å². The number of aliphatic hydroxyl groups is 1. The second kappa shape index (κ2) is 8.32. The Kier molecular flexibility index (Phi) is 8.43. The summed E-state index contributed by atoms with van der Waals surface area (Å²) in [5, 5.41) is 41.6. The molecule has 0 rings (SSSR count). The summed E-state index contributed by atoms with van der Waals surface area (Å²) in [4.78, 5) is 55.8. The van der Waals surface area contributed by atoms with Crippen LogP contribution in [0.25, 0.3) is 0 Å². The first-order valence-corrected chi connectivity index (χ1v) is 6.65. The van der Waals surface area contributed by atoms with Crippen LogP contribution in [0.2, 0.25) is 0 Å². The van der Waals surface area contributed by atoms with Crippen LogP contribution in [0.1, 0.15) is 12.8 Å². The Morgan fingerprint density at radius 3 is 1.24 bits per heavy atom. The topological polar surface area (TPSA) is 227 Å². The molecule has 0 saturated heterocycles. The van der Waals surface area contributed by atoms with Crippen molar-refractivity contribution in [2.24, 2.45) is 0 Å². The molecule has 0 radical (unpaired) electrons. The lowest BCUT2D eigenvalue weighted by Crippen LogP contribution is -2.42. The molecule has 0 spiro atoms. The lowest BCUT2D eigenvalue weighted by molar-refractivity contribution is -0.170. The van der Waals surface area contributed by atoms with Gasteiger partial charge in [0.2, 0.25) is 0 Å². The highest BCUT2D eigenvalue weighted by Crippen LogP contribution is 2.33. The highest BCUT2D eigenvalue weighted by Gasteiger charge is 2.40. The van der Waals surface area contributed by atoms with Gasteiger partial charge in [-0.15, -0.1) is 0 Å². The summed E-state index contributed by atoms with van der Waals surface area (Å²) >= 11 is 0. The first kappa shape index (κ1) is 21.3. The number of hydrogen-bond donors (Lipinski definition) is 7. The minimum absolute atomic E-state index is 1.09. The zero-order chi connectivity index (χ0) is 17.4. The Bertz CT molecular complexity index is 446. The van der Waals surface area contributed by atoms with E-state index in [0.29, 0.717) is 0 Å². The standard InChI is InChI=1S/C6H8O7.C2H5O5P/c7-3(8)1-6(13,5(11)12)2-4(9)10;3-2(4)1-8(5,6)7/h13H,1-2H2,(H,7,8)(H,9,10)(H,11,12);1H2,(H,3,4)(H2,5,6,7). The number of rotatable bonds is 7. The van der Waals surface area contributed by atoms with Crippen molar-refractivity contribution in [2.75, 3.05) is 6.16 Å².